The summed E-state index contributed by atoms with van der Waals surface area (Å²) in [5.74, 6) is -1.78. The second-order valence-electron chi connectivity index (χ2n) is 17.0. The fourth-order valence-electron chi connectivity index (χ4n) is 7.11. The Hall–Kier alpha value is -1.55. The molecule has 0 heterocycles. The minimum absolute atomic E-state index is 0.0184. The van der Waals surface area contributed by atoms with Crippen LogP contribution in [-0.4, -0.2) is 60.5 Å². The monoisotopic (exact) mass is 872 g/mol. The van der Waals surface area contributed by atoms with Gasteiger partial charge in [0.05, 0.1) is 19.8 Å². The molecule has 0 fully saturated rings. The first-order valence-corrected chi connectivity index (χ1v) is 26.4. The Morgan fingerprint density at radius 1 is 0.533 bits per heavy atom. The molecule has 0 aromatic heterocycles. The maximum absolute atomic E-state index is 12.7. The summed E-state index contributed by atoms with van der Waals surface area (Å²) >= 11 is 0. The van der Waals surface area contributed by atoms with Gasteiger partial charge in [-0.05, 0) is 44.9 Å². The summed E-state index contributed by atoms with van der Waals surface area (Å²) in [7, 11) is -4.62. The van der Waals surface area contributed by atoms with E-state index in [1.54, 1.807) is 0 Å². The van der Waals surface area contributed by atoms with Crippen molar-refractivity contribution in [1.82, 2.24) is 0 Å². The first-order chi connectivity index (χ1) is 29.2. The predicted octanol–water partition coefficient (Wildman–Crippen LogP) is 14.3. The first kappa shape index (κ1) is 58.5. The Balaban J connectivity index is 4.14. The number of carboxylic acids is 1. The fraction of sp³-hybridized carbons (Fsp3) is 0.878. The van der Waals surface area contributed by atoms with Gasteiger partial charge in [0.2, 0.25) is 0 Å². The Labute approximate surface area is 368 Å². The van der Waals surface area contributed by atoms with E-state index >= 15 is 0 Å². The zero-order chi connectivity index (χ0) is 44.0. The number of carbonyl (C=O) groups is 2. The number of phosphoric ester groups is 1. The molecule has 60 heavy (non-hydrogen) atoms. The molecule has 0 bridgehead atoms. The molecule has 0 amide bonds. The average molecular weight is 872 g/mol. The van der Waals surface area contributed by atoms with Gasteiger partial charge in [0.1, 0.15) is 12.1 Å². The van der Waals surface area contributed by atoms with E-state index in [1.165, 1.54) is 161 Å². The van der Waals surface area contributed by atoms with Crippen LogP contribution in [0, 0.1) is 0 Å². The highest BCUT2D eigenvalue weighted by atomic mass is 31.2. The van der Waals surface area contributed by atoms with Gasteiger partial charge in [-0.15, -0.1) is 0 Å². The lowest BCUT2D eigenvalue weighted by molar-refractivity contribution is -0.154. The number of allylic oxidation sites excluding steroid dienone is 4. The summed E-state index contributed by atoms with van der Waals surface area (Å²) in [5.41, 5.74) is 5.37. The van der Waals surface area contributed by atoms with Crippen LogP contribution < -0.4 is 5.73 Å². The van der Waals surface area contributed by atoms with E-state index in [0.29, 0.717) is 13.0 Å². The van der Waals surface area contributed by atoms with Crippen LogP contribution in [0.3, 0.4) is 0 Å². The molecule has 4 N–H and O–H groups in total. The Bertz CT molecular complexity index is 1060. The molecule has 0 saturated heterocycles. The number of carboxylic acid groups (broad SMARTS) is 1. The number of ether oxygens (including phenoxy) is 2. The van der Waals surface area contributed by atoms with Gasteiger partial charge in [-0.3, -0.25) is 18.6 Å². The smallest absolute Gasteiger partial charge is 0.472 e. The third kappa shape index (κ3) is 44.5. The molecule has 0 aliphatic carbocycles. The van der Waals surface area contributed by atoms with E-state index in [4.69, 9.17) is 29.4 Å². The van der Waals surface area contributed by atoms with E-state index < -0.39 is 45.1 Å². The second kappa shape index (κ2) is 45.5. The summed E-state index contributed by atoms with van der Waals surface area (Å²) in [6.45, 7) is 3.90. The number of phosphoric acid groups is 1. The second-order valence-corrected chi connectivity index (χ2v) is 18.4. The molecule has 0 rings (SSSR count). The standard InChI is InChI=1S/C49H94NO9P/c1-3-5-7-9-11-13-15-17-19-21-23-24-26-28-30-32-34-36-38-40-42-56-43-46(44-57-60(54,55)58-45-47(50)49(52)53)59-48(51)41-39-37-35-33-31-29-27-25-22-20-18-16-14-12-10-8-6-4-2/h14,16,20,22,46-47H,3-13,15,17-19,21,23-45,50H2,1-2H3,(H,52,53)(H,54,55)/b16-14-,22-20-. The maximum atomic E-state index is 12.7. The van der Waals surface area contributed by atoms with E-state index in [1.807, 2.05) is 0 Å². The summed E-state index contributed by atoms with van der Waals surface area (Å²) in [6, 6.07) is -1.47. The maximum Gasteiger partial charge on any atom is 0.472 e. The highest BCUT2D eigenvalue weighted by Gasteiger charge is 2.27. The van der Waals surface area contributed by atoms with Gasteiger partial charge < -0.3 is 25.2 Å². The minimum Gasteiger partial charge on any atom is -0.480 e. The van der Waals surface area contributed by atoms with Crippen LogP contribution in [0.5, 0.6) is 0 Å². The molecule has 0 aromatic rings. The average Bonchev–Trinajstić information content (AvgIpc) is 3.23. The van der Waals surface area contributed by atoms with Crippen molar-refractivity contribution in [1.29, 1.82) is 0 Å². The Morgan fingerprint density at radius 2 is 0.917 bits per heavy atom. The minimum atomic E-state index is -4.62. The van der Waals surface area contributed by atoms with Crippen LogP contribution in [0.25, 0.3) is 0 Å². The SMILES string of the molecule is CCCCCC/C=C\C/C=C\CCCCCCCCCC(=O)OC(COCCCCCCCCCCCCCCCCCCCCCC)COP(=O)(O)OCC(N)C(=O)O. The van der Waals surface area contributed by atoms with Gasteiger partial charge in [0.15, 0.2) is 0 Å². The summed E-state index contributed by atoms with van der Waals surface area (Å²) in [6.07, 6.45) is 50.9. The molecule has 0 spiro atoms. The van der Waals surface area contributed by atoms with E-state index in [2.05, 4.69) is 38.2 Å². The number of hydrogen-bond donors (Lipinski definition) is 3. The van der Waals surface area contributed by atoms with Crippen molar-refractivity contribution >= 4 is 19.8 Å². The van der Waals surface area contributed by atoms with Crippen LogP contribution in [0.2, 0.25) is 0 Å². The number of unbranched alkanes of at least 4 members (excludes halogenated alkanes) is 30. The zero-order valence-electron chi connectivity index (χ0n) is 38.8. The van der Waals surface area contributed by atoms with Crippen LogP contribution in [-0.2, 0) is 32.7 Å². The summed E-state index contributed by atoms with van der Waals surface area (Å²) < 4.78 is 33.5. The van der Waals surface area contributed by atoms with Crippen molar-refractivity contribution in [2.24, 2.45) is 5.73 Å². The third-order valence-corrected chi connectivity index (χ3v) is 11.9. The van der Waals surface area contributed by atoms with E-state index in [9.17, 15) is 19.0 Å². The van der Waals surface area contributed by atoms with Gasteiger partial charge >= 0.3 is 19.8 Å². The molecule has 10 nitrogen and oxygen atoms in total. The predicted molar refractivity (Wildman–Crippen MR) is 249 cm³/mol. The number of aliphatic carboxylic acids is 1. The molecule has 0 saturated carbocycles. The molecule has 0 aliphatic heterocycles. The topological polar surface area (TPSA) is 155 Å². The zero-order valence-corrected chi connectivity index (χ0v) is 39.7. The van der Waals surface area contributed by atoms with Crippen molar-refractivity contribution in [3.8, 4) is 0 Å². The summed E-state index contributed by atoms with van der Waals surface area (Å²) in [5, 5.41) is 8.92. The normalized spacial score (nSPS) is 13.9. The quantitative estimate of drug-likeness (QED) is 0.0233. The Kier molecular flexibility index (Phi) is 44.3. The van der Waals surface area contributed by atoms with Crippen molar-refractivity contribution < 1.29 is 42.7 Å². The molecule has 354 valence electrons. The van der Waals surface area contributed by atoms with Crippen LogP contribution in [0.4, 0.5) is 0 Å². The molecule has 3 unspecified atom stereocenters. The lowest BCUT2D eigenvalue weighted by atomic mass is 10.0. The van der Waals surface area contributed by atoms with Crippen molar-refractivity contribution in [2.75, 3.05) is 26.4 Å². The van der Waals surface area contributed by atoms with E-state index in [-0.39, 0.29) is 13.0 Å². The van der Waals surface area contributed by atoms with Crippen LogP contribution in [0.15, 0.2) is 24.3 Å². The third-order valence-electron chi connectivity index (χ3n) is 11.0. The number of esters is 1. The molecular weight excluding hydrogens is 778 g/mol. The largest absolute Gasteiger partial charge is 0.480 e. The lowest BCUT2D eigenvalue weighted by Gasteiger charge is -2.20. The van der Waals surface area contributed by atoms with Crippen molar-refractivity contribution in [3.05, 3.63) is 24.3 Å². The molecule has 0 radical (unpaired) electrons. The van der Waals surface area contributed by atoms with Gasteiger partial charge in [-0.1, -0.05) is 212 Å². The number of nitrogens with two attached hydrogens (primary N) is 1. The number of hydrogen-bond acceptors (Lipinski definition) is 8. The van der Waals surface area contributed by atoms with E-state index in [0.717, 1.165) is 51.4 Å². The number of rotatable bonds is 48. The molecule has 0 aliphatic rings. The van der Waals surface area contributed by atoms with Gasteiger partial charge in [0.25, 0.3) is 0 Å². The molecule has 11 heteroatoms. The van der Waals surface area contributed by atoms with Crippen molar-refractivity contribution in [3.63, 3.8) is 0 Å². The Morgan fingerprint density at radius 3 is 1.37 bits per heavy atom. The number of carbonyl (C=O) groups excluding carboxylic acids is 1. The van der Waals surface area contributed by atoms with Gasteiger partial charge in [-0.25, -0.2) is 4.57 Å². The van der Waals surface area contributed by atoms with Crippen LogP contribution in [0.1, 0.15) is 239 Å². The van der Waals surface area contributed by atoms with Crippen molar-refractivity contribution in [2.45, 2.75) is 251 Å². The lowest BCUT2D eigenvalue weighted by Crippen LogP contribution is -2.34. The van der Waals surface area contributed by atoms with Gasteiger partial charge in [-0.2, -0.15) is 0 Å². The molecular formula is C49H94NO9P. The highest BCUT2D eigenvalue weighted by molar-refractivity contribution is 7.47. The highest BCUT2D eigenvalue weighted by Crippen LogP contribution is 2.43. The van der Waals surface area contributed by atoms with Gasteiger partial charge in [0, 0.05) is 13.0 Å². The molecule has 0 aromatic carbocycles. The first-order valence-electron chi connectivity index (χ1n) is 24.9. The molecule has 3 atom stereocenters. The fourth-order valence-corrected chi connectivity index (χ4v) is 7.88. The summed E-state index contributed by atoms with van der Waals surface area (Å²) in [4.78, 5) is 33.6. The van der Waals surface area contributed by atoms with Crippen LogP contribution >= 0.6 is 7.82 Å².